The summed E-state index contributed by atoms with van der Waals surface area (Å²) in [6.45, 7) is -0.000291. The molecule has 0 unspecified atom stereocenters. The summed E-state index contributed by atoms with van der Waals surface area (Å²) < 4.78 is 25.9. The number of anilines is 1. The Labute approximate surface area is 84.1 Å². The van der Waals surface area contributed by atoms with E-state index in [9.17, 15) is 18.9 Å². The number of nitro benzene ring substituents is 1. The number of nitrogens with one attached hydrogen (secondary N) is 1. The normalized spacial score (nSPS) is 9.40. The Morgan fingerprint density at radius 2 is 2.13 bits per heavy atom. The van der Waals surface area contributed by atoms with Gasteiger partial charge in [0, 0.05) is 12.1 Å². The van der Waals surface area contributed by atoms with E-state index >= 15 is 0 Å². The van der Waals surface area contributed by atoms with Gasteiger partial charge in [0.2, 0.25) is 5.82 Å². The van der Waals surface area contributed by atoms with Crippen LogP contribution in [0.5, 0.6) is 0 Å². The van der Waals surface area contributed by atoms with Crippen LogP contribution in [-0.2, 0) is 0 Å². The molecule has 0 radical (unpaired) electrons. The van der Waals surface area contributed by atoms with E-state index in [1.807, 2.05) is 0 Å². The molecule has 0 aliphatic carbocycles. The van der Waals surface area contributed by atoms with Gasteiger partial charge in [-0.1, -0.05) is 5.92 Å². The highest BCUT2D eigenvalue weighted by molar-refractivity contribution is 5.53. The molecule has 0 saturated heterocycles. The second-order valence-electron chi connectivity index (χ2n) is 2.60. The fourth-order valence-corrected chi connectivity index (χ4v) is 0.959. The van der Waals surface area contributed by atoms with Crippen LogP contribution in [0, 0.1) is 34.1 Å². The molecule has 1 N–H and O–H groups in total. The average molecular weight is 212 g/mol. The third kappa shape index (κ3) is 2.40. The highest BCUT2D eigenvalue weighted by Crippen LogP contribution is 2.24. The lowest BCUT2D eigenvalue weighted by atomic mass is 10.2. The summed E-state index contributed by atoms with van der Waals surface area (Å²) in [6.07, 6.45) is 4.91. The van der Waals surface area contributed by atoms with E-state index in [1.165, 1.54) is 0 Å². The zero-order valence-electron chi connectivity index (χ0n) is 7.46. The van der Waals surface area contributed by atoms with Gasteiger partial charge < -0.3 is 5.32 Å². The Morgan fingerprint density at radius 1 is 1.47 bits per heavy atom. The zero-order valence-corrected chi connectivity index (χ0v) is 7.46. The van der Waals surface area contributed by atoms with Crippen molar-refractivity contribution < 1.29 is 13.7 Å². The van der Waals surface area contributed by atoms with Crippen LogP contribution < -0.4 is 5.32 Å². The molecule has 0 spiro atoms. The first kappa shape index (κ1) is 10.9. The molecule has 4 nitrogen and oxygen atoms in total. The van der Waals surface area contributed by atoms with E-state index in [0.717, 1.165) is 6.07 Å². The van der Waals surface area contributed by atoms with E-state index in [1.54, 1.807) is 0 Å². The third-order valence-electron chi connectivity index (χ3n) is 1.61. The maximum absolute atomic E-state index is 13.0. The highest BCUT2D eigenvalue weighted by atomic mass is 19.1. The number of terminal acetylenes is 1. The molecule has 0 saturated carbocycles. The number of hydrogen-bond acceptors (Lipinski definition) is 3. The Morgan fingerprint density at radius 3 is 2.67 bits per heavy atom. The van der Waals surface area contributed by atoms with Crippen LogP contribution in [0.15, 0.2) is 12.1 Å². The summed E-state index contributed by atoms with van der Waals surface area (Å²) >= 11 is 0. The number of halogens is 2. The van der Waals surface area contributed by atoms with Crippen LogP contribution in [0.2, 0.25) is 0 Å². The van der Waals surface area contributed by atoms with Crippen molar-refractivity contribution in [2.45, 2.75) is 0 Å². The molecule has 0 atom stereocenters. The number of hydrogen-bond donors (Lipinski definition) is 1. The summed E-state index contributed by atoms with van der Waals surface area (Å²) in [5, 5.41) is 12.7. The Bertz CT molecular complexity index is 440. The van der Waals surface area contributed by atoms with Crippen molar-refractivity contribution in [1.82, 2.24) is 0 Å². The SMILES string of the molecule is C#CCNc1cc([N+](=O)[O-])c(F)cc1F. The van der Waals surface area contributed by atoms with Gasteiger partial charge in [0.1, 0.15) is 5.82 Å². The van der Waals surface area contributed by atoms with Gasteiger partial charge in [-0.15, -0.1) is 6.42 Å². The van der Waals surface area contributed by atoms with Gasteiger partial charge in [0.15, 0.2) is 0 Å². The highest BCUT2D eigenvalue weighted by Gasteiger charge is 2.17. The Balaban J connectivity index is 3.13. The van der Waals surface area contributed by atoms with Crippen molar-refractivity contribution in [1.29, 1.82) is 0 Å². The molecule has 1 aromatic rings. The third-order valence-corrected chi connectivity index (χ3v) is 1.61. The van der Waals surface area contributed by atoms with Gasteiger partial charge in [-0.25, -0.2) is 4.39 Å². The van der Waals surface area contributed by atoms with E-state index in [2.05, 4.69) is 11.2 Å². The van der Waals surface area contributed by atoms with Gasteiger partial charge in [-0.2, -0.15) is 4.39 Å². The first-order valence-corrected chi connectivity index (χ1v) is 3.87. The maximum atomic E-state index is 13.0. The zero-order chi connectivity index (χ0) is 11.4. The van der Waals surface area contributed by atoms with Gasteiger partial charge in [-0.05, 0) is 0 Å². The lowest BCUT2D eigenvalue weighted by molar-refractivity contribution is -0.387. The Kier molecular flexibility index (Phi) is 3.18. The summed E-state index contributed by atoms with van der Waals surface area (Å²) in [7, 11) is 0. The average Bonchev–Trinajstić information content (AvgIpc) is 2.16. The van der Waals surface area contributed by atoms with Crippen molar-refractivity contribution in [2.75, 3.05) is 11.9 Å². The van der Waals surface area contributed by atoms with Crippen LogP contribution in [0.1, 0.15) is 0 Å². The molecule has 6 heteroatoms. The summed E-state index contributed by atoms with van der Waals surface area (Å²) in [4.78, 5) is 9.40. The lowest BCUT2D eigenvalue weighted by Gasteiger charge is -2.04. The van der Waals surface area contributed by atoms with Crippen LogP contribution in [0.25, 0.3) is 0 Å². The van der Waals surface area contributed by atoms with E-state index < -0.39 is 22.2 Å². The molecule has 0 heterocycles. The molecular weight excluding hydrogens is 206 g/mol. The molecule has 15 heavy (non-hydrogen) atoms. The number of nitro groups is 1. The minimum atomic E-state index is -1.22. The minimum Gasteiger partial charge on any atom is -0.372 e. The van der Waals surface area contributed by atoms with Gasteiger partial charge in [-0.3, -0.25) is 10.1 Å². The van der Waals surface area contributed by atoms with Gasteiger partial charge >= 0.3 is 5.69 Å². The number of rotatable bonds is 3. The first-order chi connectivity index (χ1) is 7.06. The summed E-state index contributed by atoms with van der Waals surface area (Å²) in [5.41, 5.74) is -0.989. The quantitative estimate of drug-likeness (QED) is 0.473. The standard InChI is InChI=1S/C9H6F2N2O2/c1-2-3-12-8-5-9(13(14)15)7(11)4-6(8)10/h1,4-5,12H,3H2. The van der Waals surface area contributed by atoms with Crippen molar-refractivity contribution in [3.63, 3.8) is 0 Å². The van der Waals surface area contributed by atoms with Crippen molar-refractivity contribution in [3.05, 3.63) is 33.9 Å². The van der Waals surface area contributed by atoms with Crippen molar-refractivity contribution in [2.24, 2.45) is 0 Å². The molecule has 0 aromatic heterocycles. The van der Waals surface area contributed by atoms with Crippen LogP contribution in [0.4, 0.5) is 20.2 Å². The van der Waals surface area contributed by atoms with Crippen LogP contribution in [-0.4, -0.2) is 11.5 Å². The minimum absolute atomic E-state index is 0.000291. The second kappa shape index (κ2) is 4.37. The summed E-state index contributed by atoms with van der Waals surface area (Å²) in [6, 6.07) is 1.21. The molecule has 0 fully saturated rings. The predicted molar refractivity (Wildman–Crippen MR) is 50.3 cm³/mol. The molecule has 0 aliphatic rings. The topological polar surface area (TPSA) is 55.2 Å². The second-order valence-corrected chi connectivity index (χ2v) is 2.60. The molecule has 1 aromatic carbocycles. The smallest absolute Gasteiger partial charge is 0.307 e. The van der Waals surface area contributed by atoms with E-state index in [4.69, 9.17) is 6.42 Å². The fourth-order valence-electron chi connectivity index (χ4n) is 0.959. The lowest BCUT2D eigenvalue weighted by Crippen LogP contribution is -2.03. The number of nitrogens with zero attached hydrogens (tertiary/aromatic N) is 1. The fraction of sp³-hybridized carbons (Fsp3) is 0.111. The summed E-state index contributed by atoms with van der Waals surface area (Å²) in [5.74, 6) is 0.0238. The predicted octanol–water partition coefficient (Wildman–Crippen LogP) is 1.92. The molecule has 78 valence electrons. The van der Waals surface area contributed by atoms with Crippen molar-refractivity contribution >= 4 is 11.4 Å². The molecule has 0 aliphatic heterocycles. The molecular formula is C9H6F2N2O2. The first-order valence-electron chi connectivity index (χ1n) is 3.87. The van der Waals surface area contributed by atoms with Gasteiger partial charge in [0.05, 0.1) is 17.2 Å². The van der Waals surface area contributed by atoms with Crippen LogP contribution in [0.3, 0.4) is 0 Å². The van der Waals surface area contributed by atoms with Crippen LogP contribution >= 0.6 is 0 Å². The monoisotopic (exact) mass is 212 g/mol. The van der Waals surface area contributed by atoms with Crippen molar-refractivity contribution in [3.8, 4) is 12.3 Å². The molecule has 0 bridgehead atoms. The molecule has 0 amide bonds. The maximum Gasteiger partial charge on any atom is 0.307 e. The largest absolute Gasteiger partial charge is 0.372 e. The number of benzene rings is 1. The van der Waals surface area contributed by atoms with E-state index in [0.29, 0.717) is 6.07 Å². The Hall–Kier alpha value is -2.16. The van der Waals surface area contributed by atoms with E-state index in [-0.39, 0.29) is 12.2 Å². The molecule has 1 rings (SSSR count). The van der Waals surface area contributed by atoms with Gasteiger partial charge in [0.25, 0.3) is 0 Å².